The zero-order valence-corrected chi connectivity index (χ0v) is 19.1. The minimum absolute atomic E-state index is 0.0334. The highest BCUT2D eigenvalue weighted by molar-refractivity contribution is 5.84. The number of benzene rings is 1. The Morgan fingerprint density at radius 2 is 1.73 bits per heavy atom. The van der Waals surface area contributed by atoms with Crippen molar-refractivity contribution in [2.75, 3.05) is 39.8 Å². The molecule has 0 spiro atoms. The summed E-state index contributed by atoms with van der Waals surface area (Å²) in [6.07, 6.45) is 0. The molecule has 2 saturated heterocycles. The van der Waals surface area contributed by atoms with E-state index in [1.165, 1.54) is 6.92 Å². The third kappa shape index (κ3) is 3.48. The Balaban J connectivity index is 1.60. The van der Waals surface area contributed by atoms with Gasteiger partial charge in [-0.2, -0.15) is 0 Å². The third-order valence-corrected chi connectivity index (χ3v) is 7.59. The number of fused-ring (bicyclic) bond motifs is 4. The van der Waals surface area contributed by atoms with E-state index in [4.69, 9.17) is 0 Å². The molecular weight excluding hydrogens is 420 g/mol. The van der Waals surface area contributed by atoms with E-state index in [-0.39, 0.29) is 30.5 Å². The lowest BCUT2D eigenvalue weighted by molar-refractivity contribution is -0.140. The van der Waals surface area contributed by atoms with E-state index in [0.29, 0.717) is 24.3 Å². The smallest absolute Gasteiger partial charge is 0.258 e. The van der Waals surface area contributed by atoms with Crippen LogP contribution in [0.2, 0.25) is 0 Å². The first kappa shape index (κ1) is 21.9. The molecule has 2 fully saturated rings. The van der Waals surface area contributed by atoms with Gasteiger partial charge in [-0.1, -0.05) is 30.3 Å². The number of piperazine rings is 1. The molecule has 1 aromatic carbocycles. The summed E-state index contributed by atoms with van der Waals surface area (Å²) in [6.45, 7) is 4.42. The molecule has 174 valence electrons. The van der Waals surface area contributed by atoms with Crippen LogP contribution in [0, 0.1) is 11.8 Å². The van der Waals surface area contributed by atoms with Crippen LogP contribution < -0.4 is 5.56 Å². The van der Waals surface area contributed by atoms with Crippen molar-refractivity contribution in [2.45, 2.75) is 25.6 Å². The lowest BCUT2D eigenvalue weighted by Gasteiger charge is -2.39. The summed E-state index contributed by atoms with van der Waals surface area (Å²) in [5, 5.41) is 10.3. The Morgan fingerprint density at radius 1 is 1.03 bits per heavy atom. The molecule has 0 saturated carbocycles. The molecule has 4 heterocycles. The highest BCUT2D eigenvalue weighted by Gasteiger charge is 2.57. The number of rotatable bonds is 3. The molecule has 0 aliphatic carbocycles. The van der Waals surface area contributed by atoms with Gasteiger partial charge in [0.2, 0.25) is 11.8 Å². The largest absolute Gasteiger partial charge is 0.396 e. The van der Waals surface area contributed by atoms with E-state index in [0.717, 1.165) is 18.7 Å². The van der Waals surface area contributed by atoms with Crippen molar-refractivity contribution in [3.05, 3.63) is 58.5 Å². The Morgan fingerprint density at radius 3 is 2.36 bits per heavy atom. The van der Waals surface area contributed by atoms with Crippen molar-refractivity contribution >= 4 is 11.8 Å². The maximum absolute atomic E-state index is 13.7. The van der Waals surface area contributed by atoms with Crippen LogP contribution in [0.25, 0.3) is 11.1 Å². The third-order valence-electron chi connectivity index (χ3n) is 7.59. The van der Waals surface area contributed by atoms with Gasteiger partial charge in [-0.3, -0.25) is 14.4 Å². The SMILES string of the molecule is CC(=O)N1[C@@H]2c3ccc(-c4ccccc4)c(=O)n3C[C@H]1[C@H](CO)[C@H]2C(=O)N1CCN(C)CC1. The zero-order chi connectivity index (χ0) is 23.3. The standard InChI is InChI=1S/C25H30N4O4/c1-16(31)29-21-14-28-20(9-8-18(24(28)32)17-6-4-3-5-7-17)23(29)22(19(21)15-30)25(33)27-12-10-26(2)11-13-27/h3-9,19,21-23,30H,10-15H2,1-2H3/t19-,21-,22+,23+/m0/s1. The van der Waals surface area contributed by atoms with Crippen molar-refractivity contribution in [2.24, 2.45) is 11.8 Å². The molecule has 5 rings (SSSR count). The van der Waals surface area contributed by atoms with Crippen molar-refractivity contribution < 1.29 is 14.7 Å². The number of aliphatic hydroxyl groups excluding tert-OH is 1. The number of nitrogens with zero attached hydrogens (tertiary/aromatic N) is 4. The van der Waals surface area contributed by atoms with Gasteiger partial charge >= 0.3 is 0 Å². The summed E-state index contributed by atoms with van der Waals surface area (Å²) >= 11 is 0. The predicted octanol–water partition coefficient (Wildman–Crippen LogP) is 0.799. The van der Waals surface area contributed by atoms with Gasteiger partial charge in [-0.05, 0) is 24.7 Å². The van der Waals surface area contributed by atoms with Gasteiger partial charge in [0.1, 0.15) is 0 Å². The molecule has 0 radical (unpaired) electrons. The number of likely N-dealkylation sites (N-methyl/N-ethyl adjacent to an activating group) is 1. The first-order valence-corrected chi connectivity index (χ1v) is 11.6. The van der Waals surface area contributed by atoms with E-state index in [1.54, 1.807) is 15.5 Å². The molecule has 3 aliphatic rings. The first-order valence-electron chi connectivity index (χ1n) is 11.6. The van der Waals surface area contributed by atoms with E-state index in [2.05, 4.69) is 4.90 Å². The lowest BCUT2D eigenvalue weighted by atomic mass is 9.86. The molecule has 2 bridgehead atoms. The molecule has 2 amide bonds. The Labute approximate surface area is 193 Å². The predicted molar refractivity (Wildman–Crippen MR) is 123 cm³/mol. The van der Waals surface area contributed by atoms with Gasteiger partial charge in [-0.25, -0.2) is 0 Å². The highest BCUT2D eigenvalue weighted by atomic mass is 16.3. The molecule has 4 atom stereocenters. The minimum Gasteiger partial charge on any atom is -0.396 e. The number of carbonyl (C=O) groups is 2. The Kier molecular flexibility index (Phi) is 5.58. The van der Waals surface area contributed by atoms with Crippen LogP contribution in [0.15, 0.2) is 47.3 Å². The Bertz CT molecular complexity index is 1120. The van der Waals surface area contributed by atoms with E-state index < -0.39 is 23.9 Å². The fourth-order valence-electron chi connectivity index (χ4n) is 5.89. The number of hydrogen-bond donors (Lipinski definition) is 1. The van der Waals surface area contributed by atoms with E-state index >= 15 is 0 Å². The molecule has 33 heavy (non-hydrogen) atoms. The molecule has 2 aromatic rings. The van der Waals surface area contributed by atoms with Crippen LogP contribution in [-0.2, 0) is 16.1 Å². The van der Waals surface area contributed by atoms with Crippen molar-refractivity contribution in [1.29, 1.82) is 0 Å². The number of aromatic nitrogens is 1. The van der Waals surface area contributed by atoms with Crippen molar-refractivity contribution in [3.63, 3.8) is 0 Å². The van der Waals surface area contributed by atoms with Crippen LogP contribution in [-0.4, -0.2) is 82.1 Å². The van der Waals surface area contributed by atoms with Gasteiger partial charge < -0.3 is 24.4 Å². The molecule has 8 nitrogen and oxygen atoms in total. The number of hydrogen-bond acceptors (Lipinski definition) is 5. The van der Waals surface area contributed by atoms with Gasteiger partial charge in [0.25, 0.3) is 5.56 Å². The number of amides is 2. The maximum atomic E-state index is 13.7. The molecule has 8 heteroatoms. The normalized spacial score (nSPS) is 26.9. The van der Waals surface area contributed by atoms with Crippen molar-refractivity contribution in [1.82, 2.24) is 19.3 Å². The molecule has 1 N–H and O–H groups in total. The highest BCUT2D eigenvalue weighted by Crippen LogP contribution is 2.49. The van der Waals surface area contributed by atoms with Gasteiger partial charge in [0.05, 0.1) is 18.0 Å². The topological polar surface area (TPSA) is 86.1 Å². The number of pyridine rings is 1. The quantitative estimate of drug-likeness (QED) is 0.748. The van der Waals surface area contributed by atoms with Crippen LogP contribution in [0.3, 0.4) is 0 Å². The molecule has 1 aromatic heterocycles. The second kappa shape index (κ2) is 8.43. The first-order chi connectivity index (χ1) is 15.9. The van der Waals surface area contributed by atoms with Crippen molar-refractivity contribution in [3.8, 4) is 11.1 Å². The number of aliphatic hydroxyl groups is 1. The Hall–Kier alpha value is -2.97. The molecular formula is C25H30N4O4. The summed E-state index contributed by atoms with van der Waals surface area (Å²) in [6, 6.07) is 12.2. The second-order valence-corrected chi connectivity index (χ2v) is 9.39. The fourth-order valence-corrected chi connectivity index (χ4v) is 5.89. The summed E-state index contributed by atoms with van der Waals surface area (Å²) in [4.78, 5) is 45.7. The fraction of sp³-hybridized carbons (Fsp3) is 0.480. The summed E-state index contributed by atoms with van der Waals surface area (Å²) in [7, 11) is 2.03. The van der Waals surface area contributed by atoms with Crippen LogP contribution in [0.4, 0.5) is 0 Å². The average molecular weight is 451 g/mol. The van der Waals surface area contributed by atoms with Crippen LogP contribution >= 0.6 is 0 Å². The molecule has 0 unspecified atom stereocenters. The van der Waals surface area contributed by atoms with Gasteiger partial charge in [-0.15, -0.1) is 0 Å². The van der Waals surface area contributed by atoms with Gasteiger partial charge in [0.15, 0.2) is 0 Å². The minimum atomic E-state index is -0.567. The second-order valence-electron chi connectivity index (χ2n) is 9.39. The monoisotopic (exact) mass is 450 g/mol. The number of carbonyl (C=O) groups excluding carboxylic acids is 2. The molecule has 3 aliphatic heterocycles. The lowest BCUT2D eigenvalue weighted by Crippen LogP contribution is -2.51. The zero-order valence-electron chi connectivity index (χ0n) is 19.1. The summed E-state index contributed by atoms with van der Waals surface area (Å²) < 4.78 is 1.72. The summed E-state index contributed by atoms with van der Waals surface area (Å²) in [5.41, 5.74) is 1.98. The van der Waals surface area contributed by atoms with E-state index in [1.807, 2.05) is 48.3 Å². The average Bonchev–Trinajstić information content (AvgIpc) is 3.07. The van der Waals surface area contributed by atoms with Crippen LogP contribution in [0.1, 0.15) is 18.7 Å². The van der Waals surface area contributed by atoms with E-state index in [9.17, 15) is 19.5 Å². The maximum Gasteiger partial charge on any atom is 0.258 e. The van der Waals surface area contributed by atoms with Crippen LogP contribution in [0.5, 0.6) is 0 Å². The summed E-state index contributed by atoms with van der Waals surface area (Å²) in [5.74, 6) is -1.15. The van der Waals surface area contributed by atoms with Gasteiger partial charge in [0, 0.05) is 63.4 Å².